The summed E-state index contributed by atoms with van der Waals surface area (Å²) in [5.74, 6) is 0.985. The molecule has 1 heterocycles. The van der Waals surface area contributed by atoms with E-state index in [9.17, 15) is 9.59 Å². The molecule has 3 aromatic rings. The first kappa shape index (κ1) is 23.1. The molecule has 3 rings (SSSR count). The summed E-state index contributed by atoms with van der Waals surface area (Å²) in [5, 5.41) is 7.19. The lowest BCUT2D eigenvalue weighted by Crippen LogP contribution is -2.30. The Balaban J connectivity index is 1.79. The van der Waals surface area contributed by atoms with E-state index in [-0.39, 0.29) is 23.2 Å². The lowest BCUT2D eigenvalue weighted by Gasteiger charge is -2.18. The molecular formula is C25H29N3O4. The number of hydrogen-bond donors (Lipinski definition) is 1. The molecule has 0 radical (unpaired) electrons. The van der Waals surface area contributed by atoms with Gasteiger partial charge in [0.2, 0.25) is 0 Å². The van der Waals surface area contributed by atoms with Crippen molar-refractivity contribution in [3.8, 4) is 17.2 Å². The highest BCUT2D eigenvalue weighted by atomic mass is 16.5. The van der Waals surface area contributed by atoms with Crippen LogP contribution in [0.4, 0.5) is 0 Å². The average molecular weight is 436 g/mol. The second-order valence-corrected chi connectivity index (χ2v) is 7.40. The van der Waals surface area contributed by atoms with Crippen molar-refractivity contribution in [3.05, 3.63) is 82.3 Å². The van der Waals surface area contributed by atoms with Gasteiger partial charge < -0.3 is 14.8 Å². The molecule has 0 aliphatic carbocycles. The van der Waals surface area contributed by atoms with Gasteiger partial charge in [0.05, 0.1) is 24.9 Å². The second-order valence-electron chi connectivity index (χ2n) is 7.40. The third-order valence-electron chi connectivity index (χ3n) is 4.77. The number of aromatic nitrogens is 2. The number of amides is 1. The Hall–Kier alpha value is -3.61. The van der Waals surface area contributed by atoms with Gasteiger partial charge in [-0.2, -0.15) is 9.78 Å². The minimum absolute atomic E-state index is 0.158. The summed E-state index contributed by atoms with van der Waals surface area (Å²) in [6.07, 6.45) is 1.78. The van der Waals surface area contributed by atoms with Crippen molar-refractivity contribution in [2.24, 2.45) is 0 Å². The topological polar surface area (TPSA) is 82.5 Å². The Bertz CT molecular complexity index is 1100. The molecule has 1 unspecified atom stereocenters. The Morgan fingerprint density at radius 3 is 2.34 bits per heavy atom. The van der Waals surface area contributed by atoms with Crippen LogP contribution in [0, 0.1) is 0 Å². The van der Waals surface area contributed by atoms with Gasteiger partial charge in [0, 0.05) is 6.07 Å². The summed E-state index contributed by atoms with van der Waals surface area (Å²) >= 11 is 0. The monoisotopic (exact) mass is 435 g/mol. The first-order chi connectivity index (χ1) is 15.5. The smallest absolute Gasteiger partial charge is 0.272 e. The molecule has 1 N–H and O–H groups in total. The van der Waals surface area contributed by atoms with Crippen LogP contribution in [0.2, 0.25) is 0 Å². The van der Waals surface area contributed by atoms with E-state index in [0.29, 0.717) is 30.4 Å². The van der Waals surface area contributed by atoms with Crippen LogP contribution in [-0.4, -0.2) is 28.9 Å². The van der Waals surface area contributed by atoms with Gasteiger partial charge in [-0.3, -0.25) is 9.59 Å². The second kappa shape index (κ2) is 11.1. The molecule has 0 fully saturated rings. The molecule has 0 spiro atoms. The number of rotatable bonds is 10. The summed E-state index contributed by atoms with van der Waals surface area (Å²) in [7, 11) is 0. The third-order valence-corrected chi connectivity index (χ3v) is 4.77. The van der Waals surface area contributed by atoms with Crippen molar-refractivity contribution in [2.45, 2.75) is 39.7 Å². The van der Waals surface area contributed by atoms with E-state index in [2.05, 4.69) is 10.4 Å². The zero-order valence-corrected chi connectivity index (χ0v) is 18.7. The van der Waals surface area contributed by atoms with Gasteiger partial charge >= 0.3 is 0 Å². The van der Waals surface area contributed by atoms with Gasteiger partial charge in [-0.25, -0.2) is 0 Å². The van der Waals surface area contributed by atoms with E-state index in [0.717, 1.165) is 18.4 Å². The number of nitrogens with zero attached hydrogens (tertiary/aromatic N) is 2. The van der Waals surface area contributed by atoms with Crippen LogP contribution in [-0.2, 0) is 0 Å². The van der Waals surface area contributed by atoms with Crippen LogP contribution >= 0.6 is 0 Å². The predicted molar refractivity (Wildman–Crippen MR) is 124 cm³/mol. The maximum absolute atomic E-state index is 12.8. The van der Waals surface area contributed by atoms with Gasteiger partial charge in [0.25, 0.3) is 11.5 Å². The van der Waals surface area contributed by atoms with Gasteiger partial charge in [-0.1, -0.05) is 38.1 Å². The molecule has 0 bridgehead atoms. The number of hydrogen-bond acceptors (Lipinski definition) is 5. The Kier molecular flexibility index (Phi) is 8.02. The molecule has 0 saturated heterocycles. The zero-order valence-electron chi connectivity index (χ0n) is 18.7. The molecule has 168 valence electrons. The summed E-state index contributed by atoms with van der Waals surface area (Å²) in [4.78, 5) is 25.1. The van der Waals surface area contributed by atoms with Crippen molar-refractivity contribution in [1.29, 1.82) is 0 Å². The molecule has 7 heteroatoms. The normalized spacial score (nSPS) is 11.6. The van der Waals surface area contributed by atoms with Gasteiger partial charge in [0.15, 0.2) is 11.5 Å². The van der Waals surface area contributed by atoms with Gasteiger partial charge in [-0.15, -0.1) is 0 Å². The van der Waals surface area contributed by atoms with Crippen LogP contribution in [0.25, 0.3) is 5.69 Å². The molecular weight excluding hydrogens is 406 g/mol. The summed E-state index contributed by atoms with van der Waals surface area (Å²) in [6.45, 7) is 7.17. The predicted octanol–water partition coefficient (Wildman–Crippen LogP) is 4.30. The van der Waals surface area contributed by atoms with Crippen LogP contribution in [0.15, 0.2) is 65.5 Å². The number of benzene rings is 2. The number of para-hydroxylation sites is 1. The van der Waals surface area contributed by atoms with Crippen LogP contribution < -0.4 is 20.3 Å². The molecule has 0 aliphatic rings. The summed E-state index contributed by atoms with van der Waals surface area (Å²) < 4.78 is 12.9. The quantitative estimate of drug-likeness (QED) is 0.513. The Morgan fingerprint density at radius 1 is 0.969 bits per heavy atom. The number of ether oxygens (including phenoxy) is 2. The van der Waals surface area contributed by atoms with E-state index in [1.807, 2.05) is 57.2 Å². The fourth-order valence-electron chi connectivity index (χ4n) is 3.09. The van der Waals surface area contributed by atoms with Crippen LogP contribution in [0.1, 0.15) is 55.7 Å². The van der Waals surface area contributed by atoms with Crippen molar-refractivity contribution in [1.82, 2.24) is 15.1 Å². The first-order valence-electron chi connectivity index (χ1n) is 10.9. The van der Waals surface area contributed by atoms with Gasteiger partial charge in [0.1, 0.15) is 5.69 Å². The molecule has 0 saturated carbocycles. The Labute approximate surface area is 188 Å². The highest BCUT2D eigenvalue weighted by molar-refractivity contribution is 5.92. The highest BCUT2D eigenvalue weighted by Crippen LogP contribution is 2.31. The molecule has 1 atom stereocenters. The van der Waals surface area contributed by atoms with E-state index in [4.69, 9.17) is 9.47 Å². The molecule has 32 heavy (non-hydrogen) atoms. The Morgan fingerprint density at radius 2 is 1.66 bits per heavy atom. The van der Waals surface area contributed by atoms with Crippen LogP contribution in [0.5, 0.6) is 11.5 Å². The first-order valence-corrected chi connectivity index (χ1v) is 10.9. The van der Waals surface area contributed by atoms with Crippen molar-refractivity contribution in [2.75, 3.05) is 13.2 Å². The SMILES string of the molecule is CCCOc1ccc(C(C)NC(=O)c2ccc(=O)n(-c3ccccc3)n2)cc1OCCC. The standard InChI is InChI=1S/C25H29N3O4/c1-4-15-31-22-13-11-19(17-23(22)32-16-5-2)18(3)26-25(30)21-12-14-24(29)28(27-21)20-9-7-6-8-10-20/h6-14,17-18H,4-5,15-16H2,1-3H3,(H,26,30). The average Bonchev–Trinajstić information content (AvgIpc) is 2.82. The lowest BCUT2D eigenvalue weighted by molar-refractivity contribution is 0.0933. The molecule has 0 aliphatic heterocycles. The molecule has 1 amide bonds. The third kappa shape index (κ3) is 5.75. The highest BCUT2D eigenvalue weighted by Gasteiger charge is 2.16. The molecule has 2 aromatic carbocycles. The molecule has 1 aromatic heterocycles. The zero-order chi connectivity index (χ0) is 22.9. The van der Waals surface area contributed by atoms with Crippen molar-refractivity contribution in [3.63, 3.8) is 0 Å². The lowest BCUT2D eigenvalue weighted by atomic mass is 10.1. The minimum atomic E-state index is -0.371. The van der Waals surface area contributed by atoms with E-state index in [1.54, 1.807) is 12.1 Å². The number of carbonyl (C=O) groups excluding carboxylic acids is 1. The fraction of sp³-hybridized carbons (Fsp3) is 0.320. The van der Waals surface area contributed by atoms with E-state index >= 15 is 0 Å². The minimum Gasteiger partial charge on any atom is -0.490 e. The van der Waals surface area contributed by atoms with Gasteiger partial charge in [-0.05, 0) is 55.7 Å². The number of nitrogens with one attached hydrogen (secondary N) is 1. The number of carbonyl (C=O) groups is 1. The summed E-state index contributed by atoms with van der Waals surface area (Å²) in [6, 6.07) is 17.1. The van der Waals surface area contributed by atoms with E-state index < -0.39 is 0 Å². The summed E-state index contributed by atoms with van der Waals surface area (Å²) in [5.41, 5.74) is 1.33. The maximum Gasteiger partial charge on any atom is 0.272 e. The van der Waals surface area contributed by atoms with E-state index in [1.165, 1.54) is 16.8 Å². The van der Waals surface area contributed by atoms with Crippen LogP contribution in [0.3, 0.4) is 0 Å². The molecule has 7 nitrogen and oxygen atoms in total. The van der Waals surface area contributed by atoms with Crippen molar-refractivity contribution >= 4 is 5.91 Å². The largest absolute Gasteiger partial charge is 0.490 e. The maximum atomic E-state index is 12.8. The fourth-order valence-corrected chi connectivity index (χ4v) is 3.09. The van der Waals surface area contributed by atoms with Crippen molar-refractivity contribution < 1.29 is 14.3 Å².